The lowest BCUT2D eigenvalue weighted by atomic mass is 10.3. The summed E-state index contributed by atoms with van der Waals surface area (Å²) >= 11 is 1.61. The molecular formula is C8H8N4S. The number of aromatic nitrogens is 3. The van der Waals surface area contributed by atoms with Gasteiger partial charge in [0, 0.05) is 18.0 Å². The molecule has 2 heterocycles. The standard InChI is InChI=1S/C8H8N4S/c9-7-5-11-6(4-12-7)3-8-10-1-2-13-8/h1-2,4-5H,3H2,(H2,9,12). The molecule has 0 radical (unpaired) electrons. The van der Waals surface area contributed by atoms with Crippen LogP contribution in [0.4, 0.5) is 5.82 Å². The SMILES string of the molecule is Nc1cnc(Cc2nccs2)cn1. The van der Waals surface area contributed by atoms with E-state index < -0.39 is 0 Å². The van der Waals surface area contributed by atoms with Crippen molar-refractivity contribution in [2.24, 2.45) is 0 Å². The predicted molar refractivity (Wildman–Crippen MR) is 51.4 cm³/mol. The van der Waals surface area contributed by atoms with Gasteiger partial charge in [0.25, 0.3) is 0 Å². The average molecular weight is 192 g/mol. The fraction of sp³-hybridized carbons (Fsp3) is 0.125. The summed E-state index contributed by atoms with van der Waals surface area (Å²) in [6.45, 7) is 0. The first-order valence-corrected chi connectivity index (χ1v) is 4.67. The molecule has 0 amide bonds. The zero-order valence-corrected chi connectivity index (χ0v) is 7.66. The summed E-state index contributed by atoms with van der Waals surface area (Å²) in [6.07, 6.45) is 5.75. The van der Waals surface area contributed by atoms with Crippen LogP contribution < -0.4 is 5.73 Å². The molecule has 2 N–H and O–H groups in total. The first-order valence-electron chi connectivity index (χ1n) is 3.79. The number of hydrogen-bond donors (Lipinski definition) is 1. The zero-order valence-electron chi connectivity index (χ0n) is 6.84. The Morgan fingerprint density at radius 2 is 2.15 bits per heavy atom. The first-order chi connectivity index (χ1) is 6.34. The third-order valence-corrected chi connectivity index (χ3v) is 2.32. The lowest BCUT2D eigenvalue weighted by Crippen LogP contribution is -1.96. The van der Waals surface area contributed by atoms with Crippen molar-refractivity contribution in [1.82, 2.24) is 15.0 Å². The largest absolute Gasteiger partial charge is 0.382 e. The number of hydrogen-bond acceptors (Lipinski definition) is 5. The summed E-state index contributed by atoms with van der Waals surface area (Å²) in [4.78, 5) is 12.2. The Balaban J connectivity index is 2.15. The molecule has 66 valence electrons. The molecule has 0 unspecified atom stereocenters. The summed E-state index contributed by atoms with van der Waals surface area (Å²) in [7, 11) is 0. The van der Waals surface area contributed by atoms with Gasteiger partial charge in [-0.2, -0.15) is 0 Å². The average Bonchev–Trinajstić information content (AvgIpc) is 2.62. The number of thiazole rings is 1. The van der Waals surface area contributed by atoms with Gasteiger partial charge in [-0.25, -0.2) is 9.97 Å². The third kappa shape index (κ3) is 2.00. The second kappa shape index (κ2) is 3.49. The summed E-state index contributed by atoms with van der Waals surface area (Å²) in [5.41, 5.74) is 6.31. The molecule has 2 aromatic heterocycles. The highest BCUT2D eigenvalue weighted by atomic mass is 32.1. The van der Waals surface area contributed by atoms with Gasteiger partial charge in [0.2, 0.25) is 0 Å². The van der Waals surface area contributed by atoms with Crippen LogP contribution in [0, 0.1) is 0 Å². The Labute approximate surface area is 79.5 Å². The Morgan fingerprint density at radius 3 is 2.77 bits per heavy atom. The first kappa shape index (κ1) is 8.12. The van der Waals surface area contributed by atoms with Crippen LogP contribution >= 0.6 is 11.3 Å². The van der Waals surface area contributed by atoms with E-state index in [4.69, 9.17) is 5.73 Å². The maximum Gasteiger partial charge on any atom is 0.141 e. The van der Waals surface area contributed by atoms with Gasteiger partial charge < -0.3 is 5.73 Å². The molecule has 0 aliphatic carbocycles. The van der Waals surface area contributed by atoms with Gasteiger partial charge in [0.15, 0.2) is 0 Å². The van der Waals surface area contributed by atoms with E-state index in [1.165, 1.54) is 0 Å². The second-order valence-electron chi connectivity index (χ2n) is 2.54. The fourth-order valence-corrected chi connectivity index (χ4v) is 1.58. The minimum Gasteiger partial charge on any atom is -0.382 e. The molecule has 0 atom stereocenters. The number of nitrogen functional groups attached to an aromatic ring is 1. The molecule has 2 aromatic rings. The highest BCUT2D eigenvalue weighted by Crippen LogP contribution is 2.09. The molecule has 2 rings (SSSR count). The van der Waals surface area contributed by atoms with Gasteiger partial charge >= 0.3 is 0 Å². The molecule has 0 aromatic carbocycles. The number of rotatable bonds is 2. The molecule has 5 heteroatoms. The number of nitrogens with zero attached hydrogens (tertiary/aromatic N) is 3. The van der Waals surface area contributed by atoms with Crippen molar-refractivity contribution >= 4 is 17.2 Å². The van der Waals surface area contributed by atoms with Crippen LogP contribution in [0.5, 0.6) is 0 Å². The van der Waals surface area contributed by atoms with E-state index in [2.05, 4.69) is 15.0 Å². The minimum absolute atomic E-state index is 0.447. The van der Waals surface area contributed by atoms with Crippen molar-refractivity contribution < 1.29 is 0 Å². The molecular weight excluding hydrogens is 184 g/mol. The van der Waals surface area contributed by atoms with Gasteiger partial charge in [-0.05, 0) is 0 Å². The molecule has 0 saturated carbocycles. The topological polar surface area (TPSA) is 64.7 Å². The van der Waals surface area contributed by atoms with Crippen LogP contribution in [0.1, 0.15) is 10.7 Å². The quantitative estimate of drug-likeness (QED) is 0.774. The van der Waals surface area contributed by atoms with Crippen molar-refractivity contribution in [2.45, 2.75) is 6.42 Å². The van der Waals surface area contributed by atoms with Crippen molar-refractivity contribution in [2.75, 3.05) is 5.73 Å². The lowest BCUT2D eigenvalue weighted by Gasteiger charge is -1.96. The van der Waals surface area contributed by atoms with Crippen LogP contribution in [0.25, 0.3) is 0 Å². The summed E-state index contributed by atoms with van der Waals surface area (Å²) in [6, 6.07) is 0. The number of anilines is 1. The van der Waals surface area contributed by atoms with Gasteiger partial charge in [0.05, 0.1) is 23.1 Å². The number of nitrogens with two attached hydrogens (primary N) is 1. The van der Waals surface area contributed by atoms with E-state index in [-0.39, 0.29) is 0 Å². The van der Waals surface area contributed by atoms with Crippen molar-refractivity contribution in [3.63, 3.8) is 0 Å². The summed E-state index contributed by atoms with van der Waals surface area (Å²) in [5, 5.41) is 2.99. The molecule has 0 aliphatic heterocycles. The maximum atomic E-state index is 5.41. The molecule has 0 fully saturated rings. The van der Waals surface area contributed by atoms with E-state index in [1.807, 2.05) is 5.38 Å². The van der Waals surface area contributed by atoms with Gasteiger partial charge in [0.1, 0.15) is 5.82 Å². The highest BCUT2D eigenvalue weighted by molar-refractivity contribution is 7.09. The Kier molecular flexibility index (Phi) is 2.18. The second-order valence-corrected chi connectivity index (χ2v) is 3.51. The molecule has 0 aliphatic rings. The Bertz CT molecular complexity index is 368. The van der Waals surface area contributed by atoms with Crippen LogP contribution in [-0.2, 0) is 6.42 Å². The fourth-order valence-electron chi connectivity index (χ4n) is 0.951. The lowest BCUT2D eigenvalue weighted by molar-refractivity contribution is 1.02. The van der Waals surface area contributed by atoms with Crippen LogP contribution in [0.3, 0.4) is 0 Å². The van der Waals surface area contributed by atoms with Gasteiger partial charge in [-0.1, -0.05) is 0 Å². The normalized spacial score (nSPS) is 10.2. The molecule has 4 nitrogen and oxygen atoms in total. The van der Waals surface area contributed by atoms with Crippen LogP contribution in [0.15, 0.2) is 24.0 Å². The molecule has 0 bridgehead atoms. The Morgan fingerprint density at radius 1 is 1.23 bits per heavy atom. The van der Waals surface area contributed by atoms with E-state index in [9.17, 15) is 0 Å². The van der Waals surface area contributed by atoms with E-state index >= 15 is 0 Å². The van der Waals surface area contributed by atoms with Crippen LogP contribution in [-0.4, -0.2) is 15.0 Å². The van der Waals surface area contributed by atoms with Crippen molar-refractivity contribution in [1.29, 1.82) is 0 Å². The van der Waals surface area contributed by atoms with Gasteiger partial charge in [-0.15, -0.1) is 11.3 Å². The van der Waals surface area contributed by atoms with Gasteiger partial charge in [-0.3, -0.25) is 4.98 Å². The third-order valence-electron chi connectivity index (χ3n) is 1.54. The van der Waals surface area contributed by atoms with Crippen molar-refractivity contribution in [3.8, 4) is 0 Å². The monoisotopic (exact) mass is 192 g/mol. The maximum absolute atomic E-state index is 5.41. The summed E-state index contributed by atoms with van der Waals surface area (Å²) < 4.78 is 0. The Hall–Kier alpha value is -1.49. The summed E-state index contributed by atoms with van der Waals surface area (Å²) in [5.74, 6) is 0.447. The smallest absolute Gasteiger partial charge is 0.141 e. The zero-order chi connectivity index (χ0) is 9.10. The van der Waals surface area contributed by atoms with Crippen molar-refractivity contribution in [3.05, 3.63) is 34.7 Å². The molecule has 0 spiro atoms. The highest BCUT2D eigenvalue weighted by Gasteiger charge is 1.99. The van der Waals surface area contributed by atoms with E-state index in [0.717, 1.165) is 17.1 Å². The van der Waals surface area contributed by atoms with E-state index in [1.54, 1.807) is 29.9 Å². The molecule has 0 saturated heterocycles. The minimum atomic E-state index is 0.447. The van der Waals surface area contributed by atoms with Crippen LogP contribution in [0.2, 0.25) is 0 Å². The predicted octanol–water partition coefficient (Wildman–Crippen LogP) is 1.11. The van der Waals surface area contributed by atoms with E-state index in [0.29, 0.717) is 5.82 Å². The molecule has 13 heavy (non-hydrogen) atoms.